The van der Waals surface area contributed by atoms with Gasteiger partial charge in [-0.1, -0.05) is 18.2 Å². The first kappa shape index (κ1) is 10.8. The van der Waals surface area contributed by atoms with E-state index < -0.39 is 5.82 Å². The summed E-state index contributed by atoms with van der Waals surface area (Å²) in [5, 5.41) is 9.11. The Bertz CT molecular complexity index is 509. The summed E-state index contributed by atoms with van der Waals surface area (Å²) in [5.41, 5.74) is 1.72. The largest absolute Gasteiger partial charge is 0.392 e. The normalized spacial score (nSPS) is 10.4. The second-order valence-electron chi connectivity index (χ2n) is 3.47. The number of rotatable bonds is 2. The number of hydrogen-bond donors (Lipinski definition) is 1. The number of halogens is 2. The maximum absolute atomic E-state index is 13.0. The molecule has 2 aromatic carbocycles. The van der Waals surface area contributed by atoms with Gasteiger partial charge in [-0.05, 0) is 41.0 Å². The van der Waals surface area contributed by atoms with Crippen molar-refractivity contribution in [3.63, 3.8) is 0 Å². The molecule has 0 aliphatic carbocycles. The van der Waals surface area contributed by atoms with Crippen molar-refractivity contribution in [3.05, 3.63) is 59.7 Å². The van der Waals surface area contributed by atoms with Crippen LogP contribution in [0, 0.1) is 11.6 Å². The Labute approximate surface area is 92.0 Å². The second-order valence-corrected chi connectivity index (χ2v) is 3.47. The van der Waals surface area contributed by atoms with Crippen LogP contribution < -0.4 is 0 Å². The van der Waals surface area contributed by atoms with Crippen LogP contribution in [0.2, 0.25) is 0 Å². The van der Waals surface area contributed by atoms with Crippen molar-refractivity contribution in [1.29, 1.82) is 0 Å². The van der Waals surface area contributed by atoms with Gasteiger partial charge in [0.1, 0.15) is 11.6 Å². The summed E-state index contributed by atoms with van der Waals surface area (Å²) in [6, 6.07) is 10.1. The van der Waals surface area contributed by atoms with Gasteiger partial charge in [0.2, 0.25) is 0 Å². The molecule has 0 saturated carbocycles. The number of hydrogen-bond acceptors (Lipinski definition) is 1. The van der Waals surface area contributed by atoms with E-state index in [1.807, 2.05) is 0 Å². The van der Waals surface area contributed by atoms with Crippen LogP contribution in [0.15, 0.2) is 42.5 Å². The highest BCUT2D eigenvalue weighted by Gasteiger charge is 2.06. The monoisotopic (exact) mass is 220 g/mol. The molecule has 0 radical (unpaired) electrons. The summed E-state index contributed by atoms with van der Waals surface area (Å²) in [6.45, 7) is -0.274. The molecule has 0 atom stereocenters. The molecule has 0 saturated heterocycles. The lowest BCUT2D eigenvalue weighted by molar-refractivity contribution is 0.282. The van der Waals surface area contributed by atoms with E-state index in [4.69, 9.17) is 5.11 Å². The molecule has 0 amide bonds. The molecule has 0 spiro atoms. The topological polar surface area (TPSA) is 20.2 Å². The SMILES string of the molecule is OCc1cc(F)ccc1-c1cccc(F)c1. The molecule has 1 N–H and O–H groups in total. The third-order valence-corrected chi connectivity index (χ3v) is 2.37. The Balaban J connectivity index is 2.55. The van der Waals surface area contributed by atoms with Crippen LogP contribution in [0.5, 0.6) is 0 Å². The van der Waals surface area contributed by atoms with Gasteiger partial charge in [-0.25, -0.2) is 8.78 Å². The smallest absolute Gasteiger partial charge is 0.123 e. The maximum atomic E-state index is 13.0. The molecule has 2 rings (SSSR count). The standard InChI is InChI=1S/C13H10F2O/c14-11-3-1-2-9(6-11)13-5-4-12(15)7-10(13)8-16/h1-7,16H,8H2. The third-order valence-electron chi connectivity index (χ3n) is 2.37. The zero-order chi connectivity index (χ0) is 11.5. The predicted octanol–water partition coefficient (Wildman–Crippen LogP) is 3.12. The van der Waals surface area contributed by atoms with Crippen molar-refractivity contribution in [2.45, 2.75) is 6.61 Å². The van der Waals surface area contributed by atoms with Gasteiger partial charge in [-0.2, -0.15) is 0 Å². The van der Waals surface area contributed by atoms with Crippen LogP contribution >= 0.6 is 0 Å². The maximum Gasteiger partial charge on any atom is 0.123 e. The minimum atomic E-state index is -0.413. The molecule has 0 fully saturated rings. The van der Waals surface area contributed by atoms with Crippen molar-refractivity contribution in [2.24, 2.45) is 0 Å². The highest BCUT2D eigenvalue weighted by Crippen LogP contribution is 2.25. The first-order chi connectivity index (χ1) is 7.70. The van der Waals surface area contributed by atoms with E-state index in [1.165, 1.54) is 30.3 Å². The first-order valence-electron chi connectivity index (χ1n) is 4.86. The number of aliphatic hydroxyl groups is 1. The van der Waals surface area contributed by atoms with Gasteiger partial charge in [0.15, 0.2) is 0 Å². The molecule has 0 aromatic heterocycles. The Morgan fingerprint density at radius 3 is 2.38 bits per heavy atom. The van der Waals surface area contributed by atoms with Crippen LogP contribution in [0.4, 0.5) is 8.78 Å². The second kappa shape index (κ2) is 4.41. The van der Waals surface area contributed by atoms with Gasteiger partial charge >= 0.3 is 0 Å². The van der Waals surface area contributed by atoms with E-state index in [-0.39, 0.29) is 12.4 Å². The Kier molecular flexibility index (Phi) is 2.97. The molecule has 0 unspecified atom stereocenters. The molecule has 16 heavy (non-hydrogen) atoms. The predicted molar refractivity (Wildman–Crippen MR) is 57.7 cm³/mol. The minimum absolute atomic E-state index is 0.274. The molecular weight excluding hydrogens is 210 g/mol. The summed E-state index contributed by atoms with van der Waals surface area (Å²) in [4.78, 5) is 0. The zero-order valence-electron chi connectivity index (χ0n) is 8.45. The van der Waals surface area contributed by atoms with Gasteiger partial charge in [-0.15, -0.1) is 0 Å². The quantitative estimate of drug-likeness (QED) is 0.824. The molecule has 0 bridgehead atoms. The Hall–Kier alpha value is -1.74. The molecule has 2 aromatic rings. The van der Waals surface area contributed by atoms with Gasteiger partial charge in [0.05, 0.1) is 6.61 Å². The van der Waals surface area contributed by atoms with E-state index in [0.29, 0.717) is 16.7 Å². The average Bonchev–Trinajstić information content (AvgIpc) is 2.28. The van der Waals surface area contributed by atoms with Crippen molar-refractivity contribution < 1.29 is 13.9 Å². The summed E-state index contributed by atoms with van der Waals surface area (Å²) in [5.74, 6) is -0.769. The fourth-order valence-electron chi connectivity index (χ4n) is 1.63. The first-order valence-corrected chi connectivity index (χ1v) is 4.86. The molecule has 1 nitrogen and oxygen atoms in total. The Morgan fingerprint density at radius 1 is 0.938 bits per heavy atom. The molecule has 0 heterocycles. The number of benzene rings is 2. The Morgan fingerprint density at radius 2 is 1.69 bits per heavy atom. The van der Waals surface area contributed by atoms with Crippen LogP contribution in [0.3, 0.4) is 0 Å². The lowest BCUT2D eigenvalue weighted by Crippen LogP contribution is -1.91. The minimum Gasteiger partial charge on any atom is -0.392 e. The van der Waals surface area contributed by atoms with Crippen molar-refractivity contribution >= 4 is 0 Å². The van der Waals surface area contributed by atoms with Crippen LogP contribution in [-0.2, 0) is 6.61 Å². The summed E-state index contributed by atoms with van der Waals surface area (Å²) < 4.78 is 26.0. The van der Waals surface area contributed by atoms with E-state index in [0.717, 1.165) is 0 Å². The zero-order valence-corrected chi connectivity index (χ0v) is 8.45. The van der Waals surface area contributed by atoms with Crippen molar-refractivity contribution in [2.75, 3.05) is 0 Å². The molecule has 3 heteroatoms. The van der Waals surface area contributed by atoms with Crippen molar-refractivity contribution in [3.8, 4) is 11.1 Å². The van der Waals surface area contributed by atoms with Gasteiger partial charge < -0.3 is 5.11 Å². The lowest BCUT2D eigenvalue weighted by atomic mass is 10.00. The summed E-state index contributed by atoms with van der Waals surface area (Å²) in [7, 11) is 0. The van der Waals surface area contributed by atoms with E-state index in [9.17, 15) is 8.78 Å². The van der Waals surface area contributed by atoms with Crippen LogP contribution in [0.1, 0.15) is 5.56 Å². The van der Waals surface area contributed by atoms with Crippen molar-refractivity contribution in [1.82, 2.24) is 0 Å². The molecular formula is C13H10F2O. The van der Waals surface area contributed by atoms with E-state index in [2.05, 4.69) is 0 Å². The molecule has 0 aliphatic rings. The lowest BCUT2D eigenvalue weighted by Gasteiger charge is -2.07. The third kappa shape index (κ3) is 2.09. The molecule has 82 valence electrons. The highest BCUT2D eigenvalue weighted by molar-refractivity contribution is 5.67. The average molecular weight is 220 g/mol. The van der Waals surface area contributed by atoms with Gasteiger partial charge in [-0.3, -0.25) is 0 Å². The van der Waals surface area contributed by atoms with E-state index >= 15 is 0 Å². The summed E-state index contributed by atoms with van der Waals surface area (Å²) in [6.07, 6.45) is 0. The molecule has 0 aliphatic heterocycles. The van der Waals surface area contributed by atoms with Gasteiger partial charge in [0, 0.05) is 0 Å². The van der Waals surface area contributed by atoms with Gasteiger partial charge in [0.25, 0.3) is 0 Å². The highest BCUT2D eigenvalue weighted by atomic mass is 19.1. The number of aliphatic hydroxyl groups excluding tert-OH is 1. The summed E-state index contributed by atoms with van der Waals surface area (Å²) >= 11 is 0. The van der Waals surface area contributed by atoms with E-state index in [1.54, 1.807) is 12.1 Å². The fourth-order valence-corrected chi connectivity index (χ4v) is 1.63. The van der Waals surface area contributed by atoms with Crippen LogP contribution in [0.25, 0.3) is 11.1 Å². The fraction of sp³-hybridized carbons (Fsp3) is 0.0769. The van der Waals surface area contributed by atoms with Crippen LogP contribution in [-0.4, -0.2) is 5.11 Å².